The van der Waals surface area contributed by atoms with Gasteiger partial charge in [-0.25, -0.2) is 4.39 Å². The number of anilines is 1. The van der Waals surface area contributed by atoms with E-state index in [1.807, 2.05) is 0 Å². The molecule has 32 heavy (non-hydrogen) atoms. The Kier molecular flexibility index (Phi) is 8.07. The molecule has 0 aliphatic heterocycles. The number of halogens is 8. The van der Waals surface area contributed by atoms with Crippen molar-refractivity contribution in [1.82, 2.24) is 0 Å². The molecule has 2 unspecified atom stereocenters. The Morgan fingerprint density at radius 2 is 1.69 bits per heavy atom. The summed E-state index contributed by atoms with van der Waals surface area (Å²) < 4.78 is 80.3. The lowest BCUT2D eigenvalue weighted by Gasteiger charge is -2.24. The number of alkyl halides is 6. The SMILES string of the molecule is O=[N+]([O-])c1ccc(CC(O)CNc2cc(Cl)c(OC(F)(F)C(F)C(F)(F)F)cc2Cl)cc1. The molecule has 6 nitrogen and oxygen atoms in total. The van der Waals surface area contributed by atoms with Gasteiger partial charge in [-0.3, -0.25) is 10.1 Å². The fourth-order valence-electron chi connectivity index (χ4n) is 2.46. The van der Waals surface area contributed by atoms with Crippen LogP contribution in [0.25, 0.3) is 0 Å². The van der Waals surface area contributed by atoms with Gasteiger partial charge in [-0.05, 0) is 11.6 Å². The van der Waals surface area contributed by atoms with Gasteiger partial charge >= 0.3 is 12.3 Å². The number of nitro benzene ring substituents is 1. The van der Waals surface area contributed by atoms with Crippen molar-refractivity contribution in [3.05, 3.63) is 62.1 Å². The van der Waals surface area contributed by atoms with Gasteiger partial charge in [-0.2, -0.15) is 22.0 Å². The molecule has 2 atom stereocenters. The Morgan fingerprint density at radius 3 is 2.22 bits per heavy atom. The summed E-state index contributed by atoms with van der Waals surface area (Å²) in [5.74, 6) is -0.981. The Labute approximate surface area is 186 Å². The molecule has 0 spiro atoms. The van der Waals surface area contributed by atoms with Crippen LogP contribution in [0.2, 0.25) is 10.0 Å². The van der Waals surface area contributed by atoms with Crippen LogP contribution in [0.4, 0.5) is 37.7 Å². The van der Waals surface area contributed by atoms with Crippen LogP contribution < -0.4 is 10.1 Å². The molecule has 0 amide bonds. The van der Waals surface area contributed by atoms with Gasteiger partial charge < -0.3 is 15.2 Å². The van der Waals surface area contributed by atoms with Gasteiger partial charge in [0.05, 0.1) is 26.8 Å². The summed E-state index contributed by atoms with van der Waals surface area (Å²) in [4.78, 5) is 10.1. The van der Waals surface area contributed by atoms with E-state index in [0.717, 1.165) is 6.07 Å². The molecule has 2 rings (SSSR count). The first-order valence-electron chi connectivity index (χ1n) is 8.62. The molecule has 0 heterocycles. The predicted octanol–water partition coefficient (Wildman–Crippen LogP) is 5.79. The van der Waals surface area contributed by atoms with Crippen LogP contribution in [0, 0.1) is 10.1 Å². The molecule has 14 heteroatoms. The molecule has 0 aliphatic carbocycles. The zero-order valence-electron chi connectivity index (χ0n) is 15.7. The number of nitro groups is 1. The molecule has 0 aliphatic rings. The lowest BCUT2D eigenvalue weighted by Crippen LogP contribution is -2.45. The standard InChI is InChI=1S/C18H14Cl2F6N2O4/c19-12-7-15(32-18(25,26)16(21)17(22,23)24)13(20)6-14(12)27-8-11(29)5-9-1-3-10(4-2-9)28(30)31/h1-4,6-7,11,16,27,29H,5,8H2. The van der Waals surface area contributed by atoms with E-state index in [2.05, 4.69) is 10.1 Å². The Balaban J connectivity index is 2.03. The third kappa shape index (κ3) is 6.78. The number of aliphatic hydroxyl groups is 1. The van der Waals surface area contributed by atoms with E-state index in [0.29, 0.717) is 11.6 Å². The second kappa shape index (κ2) is 10.0. The van der Waals surface area contributed by atoms with E-state index in [4.69, 9.17) is 23.2 Å². The third-order valence-electron chi connectivity index (χ3n) is 4.00. The number of nitrogens with one attached hydrogen (secondary N) is 1. The van der Waals surface area contributed by atoms with Crippen molar-refractivity contribution in [3.8, 4) is 5.75 Å². The highest BCUT2D eigenvalue weighted by atomic mass is 35.5. The molecule has 0 radical (unpaired) electrons. The van der Waals surface area contributed by atoms with Crippen LogP contribution in [-0.4, -0.2) is 41.1 Å². The zero-order chi connectivity index (χ0) is 24.3. The normalized spacial score (nSPS) is 14.0. The minimum Gasteiger partial charge on any atom is -0.428 e. The smallest absolute Gasteiger partial charge is 0.428 e. The lowest BCUT2D eigenvalue weighted by molar-refractivity contribution is -0.384. The highest BCUT2D eigenvalue weighted by Gasteiger charge is 2.59. The maximum absolute atomic E-state index is 13.4. The van der Waals surface area contributed by atoms with Gasteiger partial charge in [-0.1, -0.05) is 35.3 Å². The van der Waals surface area contributed by atoms with Gasteiger partial charge in [0.15, 0.2) is 0 Å². The van der Waals surface area contributed by atoms with Crippen molar-refractivity contribution in [3.63, 3.8) is 0 Å². The number of nitrogens with zero attached hydrogens (tertiary/aromatic N) is 1. The van der Waals surface area contributed by atoms with E-state index in [9.17, 15) is 41.6 Å². The van der Waals surface area contributed by atoms with Crippen molar-refractivity contribution < 1.29 is 41.1 Å². The first-order chi connectivity index (χ1) is 14.7. The Bertz CT molecular complexity index is 960. The van der Waals surface area contributed by atoms with E-state index in [1.165, 1.54) is 24.3 Å². The number of ether oxygens (including phenoxy) is 1. The van der Waals surface area contributed by atoms with Gasteiger partial charge in [0, 0.05) is 31.2 Å². The number of benzene rings is 2. The largest absolute Gasteiger partial charge is 0.439 e. The van der Waals surface area contributed by atoms with Gasteiger partial charge in [0.25, 0.3) is 11.9 Å². The van der Waals surface area contributed by atoms with Gasteiger partial charge in [-0.15, -0.1) is 0 Å². The zero-order valence-corrected chi connectivity index (χ0v) is 17.2. The van der Waals surface area contributed by atoms with Crippen LogP contribution >= 0.6 is 23.2 Å². The summed E-state index contributed by atoms with van der Waals surface area (Å²) in [6, 6.07) is 7.07. The third-order valence-corrected chi connectivity index (χ3v) is 4.60. The highest BCUT2D eigenvalue weighted by molar-refractivity contribution is 6.36. The summed E-state index contributed by atoms with van der Waals surface area (Å²) in [5.41, 5.74) is 0.498. The Hall–Kier alpha value is -2.44. The average molecular weight is 507 g/mol. The van der Waals surface area contributed by atoms with Crippen LogP contribution in [0.15, 0.2) is 36.4 Å². The van der Waals surface area contributed by atoms with Gasteiger partial charge in [0.1, 0.15) is 5.75 Å². The van der Waals surface area contributed by atoms with E-state index in [-0.39, 0.29) is 29.4 Å². The minimum absolute atomic E-state index is 0.0303. The Morgan fingerprint density at radius 1 is 1.09 bits per heavy atom. The molecule has 0 aromatic heterocycles. The summed E-state index contributed by atoms with van der Waals surface area (Å²) in [5, 5.41) is 22.5. The fourth-order valence-corrected chi connectivity index (χ4v) is 2.88. The van der Waals surface area contributed by atoms with Crippen LogP contribution in [-0.2, 0) is 6.42 Å². The predicted molar refractivity (Wildman–Crippen MR) is 104 cm³/mol. The van der Waals surface area contributed by atoms with Crippen molar-refractivity contribution in [2.45, 2.75) is 31.0 Å². The van der Waals surface area contributed by atoms with Crippen molar-refractivity contribution in [2.75, 3.05) is 11.9 Å². The number of hydrogen-bond acceptors (Lipinski definition) is 5. The van der Waals surface area contributed by atoms with Crippen molar-refractivity contribution in [1.29, 1.82) is 0 Å². The summed E-state index contributed by atoms with van der Waals surface area (Å²) in [6.45, 7) is -0.121. The second-order valence-electron chi connectivity index (χ2n) is 6.49. The summed E-state index contributed by atoms with van der Waals surface area (Å²) >= 11 is 11.6. The molecular formula is C18H14Cl2F6N2O4. The number of non-ortho nitro benzene ring substituents is 1. The maximum Gasteiger partial charge on any atom is 0.439 e. The maximum atomic E-state index is 13.4. The molecular weight excluding hydrogens is 493 g/mol. The summed E-state index contributed by atoms with van der Waals surface area (Å²) in [7, 11) is 0. The molecule has 0 fully saturated rings. The number of rotatable bonds is 9. The molecule has 2 aromatic carbocycles. The van der Waals surface area contributed by atoms with Gasteiger partial charge in [0.2, 0.25) is 0 Å². The number of hydrogen-bond donors (Lipinski definition) is 2. The van der Waals surface area contributed by atoms with E-state index in [1.54, 1.807) is 0 Å². The summed E-state index contributed by atoms with van der Waals surface area (Å²) in [6.07, 6.45) is -16.6. The molecule has 2 N–H and O–H groups in total. The quantitative estimate of drug-likeness (QED) is 0.255. The molecule has 0 saturated heterocycles. The first kappa shape index (κ1) is 25.8. The van der Waals surface area contributed by atoms with Crippen LogP contribution in [0.5, 0.6) is 5.75 Å². The lowest BCUT2D eigenvalue weighted by atomic mass is 10.1. The van der Waals surface area contributed by atoms with Crippen LogP contribution in [0.3, 0.4) is 0 Å². The molecule has 2 aromatic rings. The molecule has 0 bridgehead atoms. The van der Waals surface area contributed by atoms with Crippen LogP contribution in [0.1, 0.15) is 5.56 Å². The van der Waals surface area contributed by atoms with Crippen molar-refractivity contribution in [2.24, 2.45) is 0 Å². The monoisotopic (exact) mass is 506 g/mol. The number of aliphatic hydroxyl groups excluding tert-OH is 1. The van der Waals surface area contributed by atoms with Crippen molar-refractivity contribution >= 4 is 34.6 Å². The topological polar surface area (TPSA) is 84.6 Å². The molecule has 0 saturated carbocycles. The minimum atomic E-state index is -5.86. The van der Waals surface area contributed by atoms with E-state index < -0.39 is 40.3 Å². The fraction of sp³-hybridized carbons (Fsp3) is 0.333. The average Bonchev–Trinajstić information content (AvgIpc) is 2.68. The molecule has 176 valence electrons. The second-order valence-corrected chi connectivity index (χ2v) is 7.31. The highest BCUT2D eigenvalue weighted by Crippen LogP contribution is 2.41. The first-order valence-corrected chi connectivity index (χ1v) is 9.38. The van der Waals surface area contributed by atoms with E-state index >= 15 is 0 Å².